The summed E-state index contributed by atoms with van der Waals surface area (Å²) in [5.74, 6) is -0.635. The lowest BCUT2D eigenvalue weighted by Crippen LogP contribution is -2.34. The normalized spacial score (nSPS) is 10.5. The van der Waals surface area contributed by atoms with Crippen LogP contribution in [0.15, 0.2) is 84.9 Å². The molecule has 0 unspecified atom stereocenters. The van der Waals surface area contributed by atoms with E-state index in [1.807, 2.05) is 42.5 Å². The summed E-state index contributed by atoms with van der Waals surface area (Å²) in [6.07, 6.45) is 3.68. The van der Waals surface area contributed by atoms with Gasteiger partial charge in [-0.15, -0.1) is 0 Å². The van der Waals surface area contributed by atoms with E-state index in [1.165, 1.54) is 6.08 Å². The molecule has 0 aromatic heterocycles. The number of carbonyl (C=O) groups is 2. The summed E-state index contributed by atoms with van der Waals surface area (Å²) in [7, 11) is 0. The molecule has 0 radical (unpaired) electrons. The average Bonchev–Trinajstić information content (AvgIpc) is 2.79. The predicted octanol–water partition coefficient (Wildman–Crippen LogP) is 4.84. The summed E-state index contributed by atoms with van der Waals surface area (Å²) < 4.78 is 0. The van der Waals surface area contributed by atoms with Crippen LogP contribution >= 0.6 is 23.8 Å². The Balaban J connectivity index is 1.55. The SMILES string of the molecule is O=C(/C=C/c1ccccc1Cl)NC(=S)Nc1ccccc1C(=O)NCCc1ccccc1. The molecule has 0 saturated heterocycles. The zero-order valence-electron chi connectivity index (χ0n) is 17.2. The molecule has 0 aliphatic carbocycles. The molecular formula is C25H22ClN3O2S. The standard InChI is InChI=1S/C25H22ClN3O2S/c26-21-12-6-4-10-19(21)14-15-23(30)29-25(32)28-22-13-7-5-11-20(22)24(31)27-17-16-18-8-2-1-3-9-18/h1-15H,16-17H2,(H,27,31)(H2,28,29,30,32)/b15-14+. The van der Waals surface area contributed by atoms with Gasteiger partial charge in [-0.1, -0.05) is 72.3 Å². The Morgan fingerprint density at radius 2 is 1.59 bits per heavy atom. The molecule has 5 nitrogen and oxygen atoms in total. The number of amides is 2. The molecule has 3 N–H and O–H groups in total. The van der Waals surface area contributed by atoms with Crippen molar-refractivity contribution in [2.75, 3.05) is 11.9 Å². The van der Waals surface area contributed by atoms with Crippen LogP contribution in [-0.2, 0) is 11.2 Å². The highest BCUT2D eigenvalue weighted by atomic mass is 35.5. The Hall–Kier alpha value is -3.48. The molecular weight excluding hydrogens is 442 g/mol. The Labute approximate surface area is 197 Å². The second-order valence-electron chi connectivity index (χ2n) is 6.84. The van der Waals surface area contributed by atoms with Gasteiger partial charge in [0.05, 0.1) is 11.3 Å². The van der Waals surface area contributed by atoms with E-state index in [2.05, 4.69) is 16.0 Å². The number of anilines is 1. The van der Waals surface area contributed by atoms with E-state index < -0.39 is 5.91 Å². The van der Waals surface area contributed by atoms with Crippen LogP contribution in [-0.4, -0.2) is 23.5 Å². The number of rotatable bonds is 7. The zero-order valence-corrected chi connectivity index (χ0v) is 18.7. The van der Waals surface area contributed by atoms with Gasteiger partial charge in [0.25, 0.3) is 5.91 Å². The smallest absolute Gasteiger partial charge is 0.253 e. The molecule has 0 aliphatic rings. The molecule has 0 fully saturated rings. The van der Waals surface area contributed by atoms with Crippen molar-refractivity contribution in [2.24, 2.45) is 0 Å². The molecule has 0 bridgehead atoms. The van der Waals surface area contributed by atoms with E-state index >= 15 is 0 Å². The Morgan fingerprint density at radius 3 is 2.38 bits per heavy atom. The molecule has 32 heavy (non-hydrogen) atoms. The Morgan fingerprint density at radius 1 is 0.906 bits per heavy atom. The molecule has 3 aromatic rings. The summed E-state index contributed by atoms with van der Waals surface area (Å²) in [6, 6.07) is 24.1. The highest BCUT2D eigenvalue weighted by molar-refractivity contribution is 7.80. The van der Waals surface area contributed by atoms with Crippen LogP contribution in [0.3, 0.4) is 0 Å². The summed E-state index contributed by atoms with van der Waals surface area (Å²) in [5, 5.41) is 9.03. The summed E-state index contributed by atoms with van der Waals surface area (Å²) in [4.78, 5) is 24.8. The van der Waals surface area contributed by atoms with Crippen molar-refractivity contribution in [3.05, 3.63) is 107 Å². The third kappa shape index (κ3) is 7.04. The third-order valence-corrected chi connectivity index (χ3v) is 5.07. The maximum atomic E-state index is 12.6. The molecule has 3 rings (SSSR count). The first-order valence-electron chi connectivity index (χ1n) is 9.98. The number of thiocarbonyl (C=S) groups is 1. The number of carbonyl (C=O) groups excluding carboxylic acids is 2. The van der Waals surface area contributed by atoms with Gasteiger partial charge in [0.15, 0.2) is 5.11 Å². The van der Waals surface area contributed by atoms with E-state index in [0.717, 1.165) is 17.5 Å². The first-order chi connectivity index (χ1) is 15.5. The molecule has 7 heteroatoms. The van der Waals surface area contributed by atoms with Crippen molar-refractivity contribution in [1.82, 2.24) is 10.6 Å². The Bertz CT molecular complexity index is 1130. The number of halogens is 1. The molecule has 0 spiro atoms. The van der Waals surface area contributed by atoms with Gasteiger partial charge in [-0.25, -0.2) is 0 Å². The van der Waals surface area contributed by atoms with Crippen molar-refractivity contribution in [3.63, 3.8) is 0 Å². The largest absolute Gasteiger partial charge is 0.352 e. The number of benzene rings is 3. The molecule has 2 amide bonds. The van der Waals surface area contributed by atoms with Gasteiger partial charge in [0.2, 0.25) is 5.91 Å². The first kappa shape index (κ1) is 23.2. The van der Waals surface area contributed by atoms with Crippen LogP contribution in [0, 0.1) is 0 Å². The van der Waals surface area contributed by atoms with Crippen LogP contribution in [0.2, 0.25) is 5.02 Å². The van der Waals surface area contributed by atoms with Gasteiger partial charge in [-0.2, -0.15) is 0 Å². The quantitative estimate of drug-likeness (QED) is 0.346. The van der Waals surface area contributed by atoms with Crippen molar-refractivity contribution in [2.45, 2.75) is 6.42 Å². The lowest BCUT2D eigenvalue weighted by molar-refractivity contribution is -0.115. The number of para-hydroxylation sites is 1. The van der Waals surface area contributed by atoms with Gasteiger partial charge >= 0.3 is 0 Å². The van der Waals surface area contributed by atoms with Gasteiger partial charge in [0.1, 0.15) is 0 Å². The first-order valence-corrected chi connectivity index (χ1v) is 10.8. The monoisotopic (exact) mass is 463 g/mol. The highest BCUT2D eigenvalue weighted by Crippen LogP contribution is 2.16. The molecule has 3 aromatic carbocycles. The topological polar surface area (TPSA) is 70.2 Å². The van der Waals surface area contributed by atoms with Gasteiger partial charge in [-0.3, -0.25) is 14.9 Å². The average molecular weight is 464 g/mol. The Kier molecular flexibility index (Phi) is 8.54. The van der Waals surface area contributed by atoms with Crippen LogP contribution in [0.5, 0.6) is 0 Å². The van der Waals surface area contributed by atoms with Crippen LogP contribution in [0.1, 0.15) is 21.5 Å². The lowest BCUT2D eigenvalue weighted by Gasteiger charge is -2.13. The summed E-state index contributed by atoms with van der Waals surface area (Å²) >= 11 is 11.3. The van der Waals surface area contributed by atoms with Crippen molar-refractivity contribution in [1.29, 1.82) is 0 Å². The molecule has 0 saturated carbocycles. The van der Waals surface area contributed by atoms with E-state index in [9.17, 15) is 9.59 Å². The van der Waals surface area contributed by atoms with Crippen molar-refractivity contribution < 1.29 is 9.59 Å². The second-order valence-corrected chi connectivity index (χ2v) is 7.65. The van der Waals surface area contributed by atoms with Crippen LogP contribution in [0.4, 0.5) is 5.69 Å². The summed E-state index contributed by atoms with van der Waals surface area (Å²) in [5.41, 5.74) is 2.81. The number of nitrogens with one attached hydrogen (secondary N) is 3. The van der Waals surface area contributed by atoms with Gasteiger partial charge < -0.3 is 10.6 Å². The molecule has 0 heterocycles. The minimum atomic E-state index is -0.410. The highest BCUT2D eigenvalue weighted by Gasteiger charge is 2.12. The molecule has 162 valence electrons. The number of hydrogen-bond donors (Lipinski definition) is 3. The van der Waals surface area contributed by atoms with Gasteiger partial charge in [0, 0.05) is 17.6 Å². The molecule has 0 atom stereocenters. The van der Waals surface area contributed by atoms with E-state index in [0.29, 0.717) is 22.8 Å². The third-order valence-electron chi connectivity index (χ3n) is 4.52. The van der Waals surface area contributed by atoms with Crippen LogP contribution in [0.25, 0.3) is 6.08 Å². The fraction of sp³-hybridized carbons (Fsp3) is 0.0800. The predicted molar refractivity (Wildman–Crippen MR) is 134 cm³/mol. The van der Waals surface area contributed by atoms with Crippen molar-refractivity contribution in [3.8, 4) is 0 Å². The maximum Gasteiger partial charge on any atom is 0.253 e. The summed E-state index contributed by atoms with van der Waals surface area (Å²) in [6.45, 7) is 0.505. The van der Waals surface area contributed by atoms with E-state index in [4.69, 9.17) is 23.8 Å². The number of hydrogen-bond acceptors (Lipinski definition) is 3. The van der Waals surface area contributed by atoms with Crippen molar-refractivity contribution >= 4 is 52.5 Å². The van der Waals surface area contributed by atoms with Gasteiger partial charge in [-0.05, 0) is 54.0 Å². The molecule has 0 aliphatic heterocycles. The zero-order chi connectivity index (χ0) is 22.8. The van der Waals surface area contributed by atoms with E-state index in [-0.39, 0.29) is 11.0 Å². The minimum Gasteiger partial charge on any atom is -0.352 e. The fourth-order valence-corrected chi connectivity index (χ4v) is 3.34. The lowest BCUT2D eigenvalue weighted by atomic mass is 10.1. The fourth-order valence-electron chi connectivity index (χ4n) is 2.93. The second kappa shape index (κ2) is 11.8. The maximum absolute atomic E-state index is 12.6. The van der Waals surface area contributed by atoms with E-state index in [1.54, 1.807) is 42.5 Å². The van der Waals surface area contributed by atoms with Crippen LogP contribution < -0.4 is 16.0 Å². The minimum absolute atomic E-state index is 0.0864.